The predicted octanol–water partition coefficient (Wildman–Crippen LogP) is 4.43. The fourth-order valence-corrected chi connectivity index (χ4v) is 6.49. The molecule has 0 spiro atoms. The number of rotatable bonds is 8. The van der Waals surface area contributed by atoms with Crippen LogP contribution in [0.15, 0.2) is 121 Å². The van der Waals surface area contributed by atoms with Gasteiger partial charge in [0.25, 0.3) is 11.5 Å². The van der Waals surface area contributed by atoms with Gasteiger partial charge in [-0.2, -0.15) is 13.5 Å². The van der Waals surface area contributed by atoms with Gasteiger partial charge in [-0.25, -0.2) is 14.2 Å². The molecule has 3 N–H and O–H groups in total. The number of aryl methyl sites for hydroxylation is 1. The Bertz CT molecular complexity index is 2620. The average Bonchev–Trinajstić information content (AvgIpc) is 3.69. The maximum atomic E-state index is 14.4. The minimum atomic E-state index is -4.21. The van der Waals surface area contributed by atoms with E-state index >= 15 is 0 Å². The maximum absolute atomic E-state index is 14.4. The maximum Gasteiger partial charge on any atom is 0.322 e. The van der Waals surface area contributed by atoms with Crippen LogP contribution in [-0.2, 0) is 17.3 Å². The van der Waals surface area contributed by atoms with Crippen molar-refractivity contribution in [2.24, 2.45) is 7.05 Å². The van der Waals surface area contributed by atoms with Gasteiger partial charge in [0.2, 0.25) is 0 Å². The van der Waals surface area contributed by atoms with Crippen molar-refractivity contribution in [1.82, 2.24) is 34.3 Å². The van der Waals surface area contributed by atoms with Crippen LogP contribution in [0, 0.1) is 11.8 Å². The number of carbonyl (C=O) groups excluding carboxylic acids is 1. The Morgan fingerprint density at radius 1 is 0.920 bits per heavy atom. The van der Waals surface area contributed by atoms with E-state index in [0.717, 1.165) is 0 Å². The van der Waals surface area contributed by atoms with Gasteiger partial charge >= 0.3 is 10.2 Å². The van der Waals surface area contributed by atoms with Crippen LogP contribution in [0.3, 0.4) is 0 Å². The average molecular weight is 684 g/mol. The van der Waals surface area contributed by atoms with Gasteiger partial charge in [0.15, 0.2) is 11.5 Å². The molecule has 0 aliphatic heterocycles. The molecule has 7 rings (SSSR count). The summed E-state index contributed by atoms with van der Waals surface area (Å²) in [6.07, 6.45) is 6.47. The fourth-order valence-electron chi connectivity index (χ4n) is 5.60. The molecule has 0 fully saturated rings. The summed E-state index contributed by atoms with van der Waals surface area (Å²) in [7, 11) is -2.41. The Balaban J connectivity index is 1.28. The summed E-state index contributed by atoms with van der Waals surface area (Å²) in [6.45, 7) is 1.74. The van der Waals surface area contributed by atoms with E-state index in [9.17, 15) is 18.0 Å². The SMILES string of the molecule is C[C@@H](NC(=O)c1c(NS(=O)(=O)Nc2ccccc2)nn2cccnc12)c1cc2cccc(C#Cc3cnn(C)c3)c2c(=O)n1-c1ccccc1. The monoisotopic (exact) mass is 683 g/mol. The standard InChI is InChI=1S/C36H29N9O4S/c1-24(39-35(46)32-33(40-44-20-10-19-37-34(32)44)42-50(48,49)41-28-13-5-3-6-14-28)30-21-27-12-9-11-26(18-17-25-22-38-43(2)23-25)31(27)36(47)45(30)29-15-7-4-8-16-29/h3-16,19-24,41H,1-2H3,(H,39,46)(H,40,42)/t24-/m1/s1. The molecule has 14 heteroatoms. The number of carbonyl (C=O) groups is 1. The summed E-state index contributed by atoms with van der Waals surface area (Å²) in [5, 5.41) is 12.5. The lowest BCUT2D eigenvalue weighted by molar-refractivity contribution is 0.0941. The third kappa shape index (κ3) is 6.40. The highest BCUT2D eigenvalue weighted by Gasteiger charge is 2.27. The number of hydrogen-bond donors (Lipinski definition) is 3. The van der Waals surface area contributed by atoms with Gasteiger partial charge in [-0.05, 0) is 54.8 Å². The van der Waals surface area contributed by atoms with Crippen LogP contribution >= 0.6 is 0 Å². The third-order valence-corrected chi connectivity index (χ3v) is 8.77. The molecule has 248 valence electrons. The number of fused-ring (bicyclic) bond motifs is 2. The number of para-hydroxylation sites is 2. The van der Waals surface area contributed by atoms with E-state index in [2.05, 4.69) is 41.8 Å². The van der Waals surface area contributed by atoms with Gasteiger partial charge in [0.1, 0.15) is 5.56 Å². The van der Waals surface area contributed by atoms with Crippen LogP contribution < -0.4 is 20.3 Å². The van der Waals surface area contributed by atoms with Crippen molar-refractivity contribution >= 4 is 44.0 Å². The zero-order chi connectivity index (χ0) is 34.8. The highest BCUT2D eigenvalue weighted by molar-refractivity contribution is 7.94. The lowest BCUT2D eigenvalue weighted by Gasteiger charge is -2.21. The Kier molecular flexibility index (Phi) is 8.32. The number of aromatic nitrogens is 6. The number of amides is 1. The topological polar surface area (TPSA) is 157 Å². The Labute approximate surface area is 286 Å². The molecule has 50 heavy (non-hydrogen) atoms. The van der Waals surface area contributed by atoms with Crippen molar-refractivity contribution in [1.29, 1.82) is 0 Å². The third-order valence-electron chi connectivity index (χ3n) is 7.81. The highest BCUT2D eigenvalue weighted by Crippen LogP contribution is 2.26. The first-order chi connectivity index (χ1) is 24.2. The molecule has 1 amide bonds. The number of nitrogens with zero attached hydrogens (tertiary/aromatic N) is 6. The number of nitrogens with one attached hydrogen (secondary N) is 3. The largest absolute Gasteiger partial charge is 0.344 e. The molecule has 1 atom stereocenters. The molecule has 4 aromatic heterocycles. The number of anilines is 2. The van der Waals surface area contributed by atoms with Gasteiger partial charge < -0.3 is 5.32 Å². The number of benzene rings is 3. The van der Waals surface area contributed by atoms with E-state index in [-0.39, 0.29) is 22.6 Å². The minimum Gasteiger partial charge on any atom is -0.344 e. The van der Waals surface area contributed by atoms with E-state index in [0.29, 0.717) is 39.0 Å². The van der Waals surface area contributed by atoms with Crippen molar-refractivity contribution in [3.8, 4) is 17.5 Å². The summed E-state index contributed by atoms with van der Waals surface area (Å²) in [5.41, 5.74) is 2.36. The minimum absolute atomic E-state index is 0.0988. The Morgan fingerprint density at radius 2 is 1.68 bits per heavy atom. The van der Waals surface area contributed by atoms with Crippen molar-refractivity contribution in [3.05, 3.63) is 149 Å². The van der Waals surface area contributed by atoms with Crippen LogP contribution in [0.4, 0.5) is 11.5 Å². The van der Waals surface area contributed by atoms with Crippen LogP contribution in [-0.4, -0.2) is 43.3 Å². The number of pyridine rings is 1. The second kappa shape index (κ2) is 13.1. The van der Waals surface area contributed by atoms with E-state index in [1.807, 2.05) is 36.4 Å². The van der Waals surface area contributed by atoms with Gasteiger partial charge in [0.05, 0.1) is 28.9 Å². The Hall–Kier alpha value is -6.72. The zero-order valence-corrected chi connectivity index (χ0v) is 27.6. The van der Waals surface area contributed by atoms with Crippen LogP contribution in [0.2, 0.25) is 0 Å². The smallest absolute Gasteiger partial charge is 0.322 e. The van der Waals surface area contributed by atoms with E-state index in [4.69, 9.17) is 0 Å². The zero-order valence-electron chi connectivity index (χ0n) is 26.8. The van der Waals surface area contributed by atoms with E-state index in [1.165, 1.54) is 10.7 Å². The summed E-state index contributed by atoms with van der Waals surface area (Å²) in [4.78, 5) is 32.8. The second-order valence-electron chi connectivity index (χ2n) is 11.3. The first-order valence-electron chi connectivity index (χ1n) is 15.4. The molecule has 7 aromatic rings. The normalized spacial score (nSPS) is 11.9. The van der Waals surface area contributed by atoms with Gasteiger partial charge in [0, 0.05) is 42.6 Å². The van der Waals surface area contributed by atoms with Crippen LogP contribution in [0.25, 0.3) is 22.1 Å². The summed E-state index contributed by atoms with van der Waals surface area (Å²) in [5.74, 6) is 5.32. The molecule has 4 heterocycles. The quantitative estimate of drug-likeness (QED) is 0.200. The highest BCUT2D eigenvalue weighted by atomic mass is 32.2. The molecule has 0 saturated heterocycles. The lowest BCUT2D eigenvalue weighted by atomic mass is 10.0. The van der Waals surface area contributed by atoms with Gasteiger partial charge in [-0.3, -0.25) is 23.6 Å². The van der Waals surface area contributed by atoms with E-state index in [1.54, 1.807) is 96.4 Å². The van der Waals surface area contributed by atoms with Crippen molar-refractivity contribution in [2.45, 2.75) is 13.0 Å². The molecule has 0 unspecified atom stereocenters. The van der Waals surface area contributed by atoms with E-state index < -0.39 is 22.2 Å². The van der Waals surface area contributed by atoms with Crippen molar-refractivity contribution in [2.75, 3.05) is 9.44 Å². The van der Waals surface area contributed by atoms with Crippen LogP contribution in [0.5, 0.6) is 0 Å². The fraction of sp³-hybridized carbons (Fsp3) is 0.0833. The van der Waals surface area contributed by atoms with Gasteiger partial charge in [-0.15, -0.1) is 5.10 Å². The summed E-state index contributed by atoms with van der Waals surface area (Å²) < 4.78 is 35.5. The second-order valence-corrected chi connectivity index (χ2v) is 12.8. The molecule has 0 aliphatic rings. The molecule has 0 radical (unpaired) electrons. The first-order valence-corrected chi connectivity index (χ1v) is 16.9. The van der Waals surface area contributed by atoms with Crippen LogP contribution in [0.1, 0.15) is 40.1 Å². The number of hydrogen-bond acceptors (Lipinski definition) is 7. The molecule has 13 nitrogen and oxygen atoms in total. The molecule has 0 bridgehead atoms. The lowest BCUT2D eigenvalue weighted by Crippen LogP contribution is -2.33. The molecule has 0 aliphatic carbocycles. The first kappa shape index (κ1) is 31.9. The molecule has 0 saturated carbocycles. The molecular weight excluding hydrogens is 655 g/mol. The predicted molar refractivity (Wildman–Crippen MR) is 190 cm³/mol. The van der Waals surface area contributed by atoms with Gasteiger partial charge in [-0.1, -0.05) is 60.4 Å². The summed E-state index contributed by atoms with van der Waals surface area (Å²) >= 11 is 0. The molecular formula is C36H29N9O4S. The van der Waals surface area contributed by atoms with Crippen molar-refractivity contribution in [3.63, 3.8) is 0 Å². The Morgan fingerprint density at radius 3 is 2.42 bits per heavy atom. The molecule has 3 aromatic carbocycles. The van der Waals surface area contributed by atoms with Crippen molar-refractivity contribution < 1.29 is 13.2 Å². The summed E-state index contributed by atoms with van der Waals surface area (Å²) in [6, 6.07) is 25.5.